The molecule has 3 aromatic rings. The Labute approximate surface area is 165 Å². The van der Waals surface area contributed by atoms with E-state index < -0.39 is 12.0 Å². The van der Waals surface area contributed by atoms with Crippen LogP contribution in [0.3, 0.4) is 0 Å². The summed E-state index contributed by atoms with van der Waals surface area (Å²) in [5.41, 5.74) is 1.09. The summed E-state index contributed by atoms with van der Waals surface area (Å²) in [5, 5.41) is 4.54. The monoisotopic (exact) mass is 392 g/mol. The van der Waals surface area contributed by atoms with Gasteiger partial charge in [-0.2, -0.15) is 0 Å². The van der Waals surface area contributed by atoms with E-state index in [0.29, 0.717) is 22.0 Å². The molecular weight excluding hydrogens is 376 g/mol. The van der Waals surface area contributed by atoms with Crippen LogP contribution in [0.2, 0.25) is 0 Å². The first-order chi connectivity index (χ1) is 13.6. The van der Waals surface area contributed by atoms with E-state index in [-0.39, 0.29) is 18.2 Å². The Kier molecular flexibility index (Phi) is 4.90. The van der Waals surface area contributed by atoms with Gasteiger partial charge in [0.15, 0.2) is 5.75 Å². The Morgan fingerprint density at radius 1 is 1.00 bits per heavy atom. The van der Waals surface area contributed by atoms with Gasteiger partial charge in [-0.15, -0.1) is 11.3 Å². The number of nitrogens with one attached hydrogen (secondary N) is 1. The van der Waals surface area contributed by atoms with Crippen LogP contribution >= 0.6 is 11.3 Å². The number of hydrogen-bond donors (Lipinski definition) is 1. The number of carbonyl (C=O) groups excluding carboxylic acids is 3. The highest BCUT2D eigenvalue weighted by molar-refractivity contribution is 7.12. The number of para-hydroxylation sites is 3. The first kappa shape index (κ1) is 17.9. The molecule has 2 heterocycles. The fourth-order valence-electron chi connectivity index (χ4n) is 3.05. The molecule has 0 unspecified atom stereocenters. The van der Waals surface area contributed by atoms with Crippen LogP contribution in [-0.4, -0.2) is 23.8 Å². The number of esters is 1. The van der Waals surface area contributed by atoms with Gasteiger partial charge < -0.3 is 10.1 Å². The normalized spacial score (nSPS) is 15.5. The third-order valence-electron chi connectivity index (χ3n) is 4.31. The summed E-state index contributed by atoms with van der Waals surface area (Å²) in [5.74, 6) is -1.04. The van der Waals surface area contributed by atoms with Crippen LogP contribution in [-0.2, 0) is 9.59 Å². The third kappa shape index (κ3) is 3.52. The first-order valence-electron chi connectivity index (χ1n) is 8.66. The van der Waals surface area contributed by atoms with Crippen molar-refractivity contribution in [1.82, 2.24) is 0 Å². The van der Waals surface area contributed by atoms with E-state index in [2.05, 4.69) is 5.32 Å². The van der Waals surface area contributed by atoms with Gasteiger partial charge in [-0.25, -0.2) is 4.79 Å². The second kappa shape index (κ2) is 7.66. The molecule has 7 heteroatoms. The molecular formula is C21H16N2O4S. The molecule has 140 valence electrons. The number of nitrogens with zero attached hydrogens (tertiary/aromatic N) is 1. The smallest absolute Gasteiger partial charge is 0.335 e. The van der Waals surface area contributed by atoms with Crippen LogP contribution in [0.1, 0.15) is 16.1 Å². The predicted octanol–water partition coefficient (Wildman–Crippen LogP) is 3.71. The van der Waals surface area contributed by atoms with E-state index in [1.165, 1.54) is 16.2 Å². The van der Waals surface area contributed by atoms with E-state index >= 15 is 0 Å². The average molecular weight is 392 g/mol. The first-order valence-corrected chi connectivity index (χ1v) is 9.54. The van der Waals surface area contributed by atoms with E-state index in [9.17, 15) is 14.4 Å². The predicted molar refractivity (Wildman–Crippen MR) is 107 cm³/mol. The maximum atomic E-state index is 13.1. The lowest BCUT2D eigenvalue weighted by Gasteiger charge is -2.34. The van der Waals surface area contributed by atoms with Gasteiger partial charge in [0.1, 0.15) is 6.04 Å². The summed E-state index contributed by atoms with van der Waals surface area (Å²) in [7, 11) is 0. The number of hydrogen-bond acceptors (Lipinski definition) is 5. The van der Waals surface area contributed by atoms with E-state index in [4.69, 9.17) is 4.74 Å². The fourth-order valence-corrected chi connectivity index (χ4v) is 3.71. The minimum absolute atomic E-state index is 0.209. The molecule has 0 fully saturated rings. The van der Waals surface area contributed by atoms with Gasteiger partial charge in [-0.05, 0) is 35.7 Å². The molecule has 0 bridgehead atoms. The minimum atomic E-state index is -1.05. The van der Waals surface area contributed by atoms with Crippen LogP contribution in [0.4, 0.5) is 11.4 Å². The van der Waals surface area contributed by atoms with E-state index in [1.807, 2.05) is 6.07 Å². The zero-order chi connectivity index (χ0) is 19.5. The second-order valence-electron chi connectivity index (χ2n) is 6.18. The molecule has 4 rings (SSSR count). The molecule has 2 amide bonds. The van der Waals surface area contributed by atoms with Crippen molar-refractivity contribution in [2.75, 3.05) is 10.2 Å². The molecule has 1 aromatic heterocycles. The Morgan fingerprint density at radius 2 is 1.75 bits per heavy atom. The Bertz CT molecular complexity index is 1020. The Hall–Kier alpha value is -3.45. The third-order valence-corrected chi connectivity index (χ3v) is 5.16. The number of amides is 2. The topological polar surface area (TPSA) is 75.7 Å². The number of carbonyl (C=O) groups is 3. The standard InChI is InChI=1S/C21H16N2O4S/c24-19(22-14-7-2-1-3-8-14)13-16-21(26)27-17-10-5-4-9-15(17)23(16)20(25)18-11-6-12-28-18/h1-12,16H,13H2,(H,22,24)/t16-/m0/s1. The van der Waals surface area contributed by atoms with Gasteiger partial charge in [0.25, 0.3) is 5.91 Å². The summed E-state index contributed by atoms with van der Waals surface area (Å²) in [6.07, 6.45) is -0.209. The Balaban J connectivity index is 1.64. The summed E-state index contributed by atoms with van der Waals surface area (Å²) in [4.78, 5) is 40.1. The number of ether oxygens (including phenoxy) is 1. The summed E-state index contributed by atoms with van der Waals surface area (Å²) in [6, 6.07) is 18.2. The number of fused-ring (bicyclic) bond motifs is 1. The molecule has 0 saturated heterocycles. The van der Waals surface area contributed by atoms with Crippen molar-refractivity contribution in [1.29, 1.82) is 0 Å². The number of benzene rings is 2. The molecule has 0 radical (unpaired) electrons. The summed E-state index contributed by atoms with van der Waals surface area (Å²) >= 11 is 1.28. The van der Waals surface area contributed by atoms with Gasteiger partial charge >= 0.3 is 5.97 Å². The van der Waals surface area contributed by atoms with E-state index in [0.717, 1.165) is 0 Å². The SMILES string of the molecule is O=C(C[C@H]1C(=O)Oc2ccccc2N1C(=O)c1cccs1)Nc1ccccc1. The largest absolute Gasteiger partial charge is 0.423 e. The quantitative estimate of drug-likeness (QED) is 0.542. The molecule has 0 saturated carbocycles. The maximum absolute atomic E-state index is 13.1. The molecule has 2 aromatic carbocycles. The van der Waals surface area contributed by atoms with Crippen molar-refractivity contribution in [2.45, 2.75) is 12.5 Å². The van der Waals surface area contributed by atoms with Crippen molar-refractivity contribution < 1.29 is 19.1 Å². The molecule has 28 heavy (non-hydrogen) atoms. The fraction of sp³-hybridized carbons (Fsp3) is 0.0952. The van der Waals surface area contributed by atoms with Crippen molar-refractivity contribution in [3.63, 3.8) is 0 Å². The highest BCUT2D eigenvalue weighted by Crippen LogP contribution is 2.36. The lowest BCUT2D eigenvalue weighted by molar-refractivity contribution is -0.138. The van der Waals surface area contributed by atoms with Gasteiger partial charge in [0.05, 0.1) is 17.0 Å². The molecule has 1 atom stereocenters. The minimum Gasteiger partial charge on any atom is -0.423 e. The highest BCUT2D eigenvalue weighted by Gasteiger charge is 2.40. The van der Waals surface area contributed by atoms with Crippen LogP contribution in [0.5, 0.6) is 5.75 Å². The number of anilines is 2. The Morgan fingerprint density at radius 3 is 2.50 bits per heavy atom. The highest BCUT2D eigenvalue weighted by atomic mass is 32.1. The molecule has 1 aliphatic rings. The lowest BCUT2D eigenvalue weighted by Crippen LogP contribution is -2.51. The van der Waals surface area contributed by atoms with Gasteiger partial charge in [-0.3, -0.25) is 14.5 Å². The van der Waals surface area contributed by atoms with Gasteiger partial charge in [0.2, 0.25) is 5.91 Å². The van der Waals surface area contributed by atoms with Crippen LogP contribution in [0.15, 0.2) is 72.1 Å². The van der Waals surface area contributed by atoms with E-state index in [1.54, 1.807) is 66.0 Å². The zero-order valence-electron chi connectivity index (χ0n) is 14.7. The molecule has 0 aliphatic carbocycles. The van der Waals surface area contributed by atoms with Gasteiger partial charge in [-0.1, -0.05) is 36.4 Å². The maximum Gasteiger partial charge on any atom is 0.335 e. The number of rotatable bonds is 4. The van der Waals surface area contributed by atoms with Gasteiger partial charge in [0, 0.05) is 5.69 Å². The van der Waals surface area contributed by atoms with Crippen LogP contribution in [0, 0.1) is 0 Å². The average Bonchev–Trinajstić information content (AvgIpc) is 3.24. The molecule has 6 nitrogen and oxygen atoms in total. The van der Waals surface area contributed by atoms with Crippen molar-refractivity contribution in [3.05, 3.63) is 77.0 Å². The van der Waals surface area contributed by atoms with Crippen molar-refractivity contribution in [3.8, 4) is 5.75 Å². The summed E-state index contributed by atoms with van der Waals surface area (Å²) < 4.78 is 5.38. The second-order valence-corrected chi connectivity index (χ2v) is 7.12. The summed E-state index contributed by atoms with van der Waals surface area (Å²) in [6.45, 7) is 0. The lowest BCUT2D eigenvalue weighted by atomic mass is 10.1. The van der Waals surface area contributed by atoms with Crippen molar-refractivity contribution in [2.24, 2.45) is 0 Å². The zero-order valence-corrected chi connectivity index (χ0v) is 15.5. The van der Waals surface area contributed by atoms with Crippen LogP contribution in [0.25, 0.3) is 0 Å². The van der Waals surface area contributed by atoms with Crippen molar-refractivity contribution >= 4 is 40.5 Å². The molecule has 1 aliphatic heterocycles. The molecule has 0 spiro atoms. The molecule has 1 N–H and O–H groups in total. The van der Waals surface area contributed by atoms with Crippen LogP contribution < -0.4 is 15.0 Å². The number of thiophene rings is 1.